The van der Waals surface area contributed by atoms with Gasteiger partial charge in [-0.3, -0.25) is 9.59 Å². The lowest BCUT2D eigenvalue weighted by Gasteiger charge is -2.09. The highest BCUT2D eigenvalue weighted by Gasteiger charge is 2.12. The van der Waals surface area contributed by atoms with Gasteiger partial charge in [-0.1, -0.05) is 54.1 Å². The summed E-state index contributed by atoms with van der Waals surface area (Å²) in [6.45, 7) is 0. The first-order valence-corrected chi connectivity index (χ1v) is 7.99. The Balaban J connectivity index is 1.83. The second-order valence-electron chi connectivity index (χ2n) is 5.43. The molecule has 0 aliphatic heterocycles. The number of amides is 2. The Hall–Kier alpha value is -3.11. The van der Waals surface area contributed by atoms with Crippen LogP contribution < -0.4 is 11.1 Å². The summed E-state index contributed by atoms with van der Waals surface area (Å²) in [5.74, 6) is -0.749. The number of carbonyl (C=O) groups is 2. The normalized spacial score (nSPS) is 10.3. The fraction of sp³-hybridized carbons (Fsp3) is 0. The van der Waals surface area contributed by atoms with E-state index in [0.717, 1.165) is 5.56 Å². The number of primary amides is 1. The lowest BCUT2D eigenvalue weighted by Crippen LogP contribution is -2.12. The van der Waals surface area contributed by atoms with Crippen molar-refractivity contribution in [3.05, 3.63) is 88.9 Å². The SMILES string of the molecule is NC(=O)c1cccc(-c2ccc(NC(=O)c3ccccc3)cc2)c1Cl. The second kappa shape index (κ2) is 7.20. The number of anilines is 1. The van der Waals surface area contributed by atoms with Gasteiger partial charge in [-0.2, -0.15) is 0 Å². The lowest BCUT2D eigenvalue weighted by molar-refractivity contribution is 0.0997. The van der Waals surface area contributed by atoms with Crippen molar-refractivity contribution in [3.8, 4) is 11.1 Å². The van der Waals surface area contributed by atoms with Gasteiger partial charge in [-0.15, -0.1) is 0 Å². The van der Waals surface area contributed by atoms with Crippen LogP contribution >= 0.6 is 11.6 Å². The first kappa shape index (κ1) is 16.7. The van der Waals surface area contributed by atoms with Gasteiger partial charge in [0, 0.05) is 16.8 Å². The maximum Gasteiger partial charge on any atom is 0.255 e. The molecule has 0 saturated heterocycles. The van der Waals surface area contributed by atoms with Crippen LogP contribution in [0.5, 0.6) is 0 Å². The first-order chi connectivity index (χ1) is 12.1. The quantitative estimate of drug-likeness (QED) is 0.733. The molecule has 2 amide bonds. The molecule has 0 radical (unpaired) electrons. The van der Waals surface area contributed by atoms with E-state index in [9.17, 15) is 9.59 Å². The first-order valence-electron chi connectivity index (χ1n) is 7.61. The molecule has 0 aromatic heterocycles. The Bertz CT molecular complexity index is 922. The molecule has 3 aromatic rings. The Kier molecular flexibility index (Phi) is 4.82. The van der Waals surface area contributed by atoms with Crippen molar-refractivity contribution in [1.29, 1.82) is 0 Å². The van der Waals surface area contributed by atoms with Crippen molar-refractivity contribution in [3.63, 3.8) is 0 Å². The van der Waals surface area contributed by atoms with E-state index in [4.69, 9.17) is 17.3 Å². The molecule has 3 N–H and O–H groups in total. The molecule has 25 heavy (non-hydrogen) atoms. The molecule has 0 fully saturated rings. The predicted molar refractivity (Wildman–Crippen MR) is 99.8 cm³/mol. The number of rotatable bonds is 4. The number of nitrogens with two attached hydrogens (primary N) is 1. The molecule has 4 nitrogen and oxygen atoms in total. The fourth-order valence-corrected chi connectivity index (χ4v) is 2.80. The van der Waals surface area contributed by atoms with Crippen LogP contribution in [0.25, 0.3) is 11.1 Å². The van der Waals surface area contributed by atoms with E-state index < -0.39 is 5.91 Å². The molecule has 0 heterocycles. The van der Waals surface area contributed by atoms with Crippen molar-refractivity contribution in [2.45, 2.75) is 0 Å². The van der Waals surface area contributed by atoms with Crippen LogP contribution in [0.15, 0.2) is 72.8 Å². The minimum Gasteiger partial charge on any atom is -0.366 e. The predicted octanol–water partition coefficient (Wildman–Crippen LogP) is 4.36. The fourth-order valence-electron chi connectivity index (χ4n) is 2.47. The largest absolute Gasteiger partial charge is 0.366 e. The van der Waals surface area contributed by atoms with Crippen molar-refractivity contribution in [2.24, 2.45) is 5.73 Å². The van der Waals surface area contributed by atoms with Crippen molar-refractivity contribution < 1.29 is 9.59 Å². The molecular weight excluding hydrogens is 336 g/mol. The van der Waals surface area contributed by atoms with E-state index in [1.54, 1.807) is 36.4 Å². The van der Waals surface area contributed by atoms with E-state index in [0.29, 0.717) is 21.8 Å². The Morgan fingerprint density at radius 2 is 1.52 bits per heavy atom. The number of halogens is 1. The summed E-state index contributed by atoms with van der Waals surface area (Å²) in [5.41, 5.74) is 8.39. The van der Waals surface area contributed by atoms with Crippen LogP contribution in [-0.2, 0) is 0 Å². The second-order valence-corrected chi connectivity index (χ2v) is 5.81. The van der Waals surface area contributed by atoms with Crippen molar-refractivity contribution in [1.82, 2.24) is 0 Å². The summed E-state index contributed by atoms with van der Waals surface area (Å²) in [6, 6.07) is 21.3. The molecule has 0 aliphatic carbocycles. The minimum atomic E-state index is -0.571. The molecule has 124 valence electrons. The molecule has 3 rings (SSSR count). The number of nitrogens with one attached hydrogen (secondary N) is 1. The lowest BCUT2D eigenvalue weighted by atomic mass is 10.0. The van der Waals surface area contributed by atoms with Gasteiger partial charge < -0.3 is 11.1 Å². The molecule has 0 bridgehead atoms. The summed E-state index contributed by atoms with van der Waals surface area (Å²) in [6.07, 6.45) is 0. The van der Waals surface area contributed by atoms with Crippen molar-refractivity contribution >= 4 is 29.1 Å². The van der Waals surface area contributed by atoms with E-state index >= 15 is 0 Å². The maximum absolute atomic E-state index is 12.2. The van der Waals surface area contributed by atoms with Gasteiger partial charge in [0.05, 0.1) is 10.6 Å². The number of carbonyl (C=O) groups excluding carboxylic acids is 2. The average Bonchev–Trinajstić information content (AvgIpc) is 2.63. The summed E-state index contributed by atoms with van der Waals surface area (Å²) < 4.78 is 0. The highest BCUT2D eigenvalue weighted by atomic mass is 35.5. The van der Waals surface area contributed by atoms with Gasteiger partial charge in [0.25, 0.3) is 5.91 Å². The summed E-state index contributed by atoms with van der Waals surface area (Å²) in [7, 11) is 0. The van der Waals surface area contributed by atoms with Crippen LogP contribution in [-0.4, -0.2) is 11.8 Å². The monoisotopic (exact) mass is 350 g/mol. The molecule has 0 saturated carbocycles. The topological polar surface area (TPSA) is 72.2 Å². The van der Waals surface area contributed by atoms with Gasteiger partial charge in [-0.25, -0.2) is 0 Å². The van der Waals surface area contributed by atoms with Crippen LogP contribution in [0, 0.1) is 0 Å². The van der Waals surface area contributed by atoms with Gasteiger partial charge in [-0.05, 0) is 35.9 Å². The zero-order valence-corrected chi connectivity index (χ0v) is 14.0. The van der Waals surface area contributed by atoms with E-state index in [-0.39, 0.29) is 11.5 Å². The third-order valence-corrected chi connectivity index (χ3v) is 4.16. The molecule has 0 unspecified atom stereocenters. The van der Waals surface area contributed by atoms with Gasteiger partial charge in [0.15, 0.2) is 0 Å². The van der Waals surface area contributed by atoms with Gasteiger partial charge in [0.2, 0.25) is 5.91 Å². The van der Waals surface area contributed by atoms with Gasteiger partial charge >= 0.3 is 0 Å². The number of hydrogen-bond donors (Lipinski definition) is 2. The summed E-state index contributed by atoms with van der Waals surface area (Å²) >= 11 is 6.27. The smallest absolute Gasteiger partial charge is 0.255 e. The van der Waals surface area contributed by atoms with Gasteiger partial charge in [0.1, 0.15) is 0 Å². The van der Waals surface area contributed by atoms with Crippen LogP contribution in [0.3, 0.4) is 0 Å². The maximum atomic E-state index is 12.2. The van der Waals surface area contributed by atoms with Crippen LogP contribution in [0.2, 0.25) is 5.02 Å². The molecule has 0 spiro atoms. The molecule has 3 aromatic carbocycles. The Labute approximate surface area is 150 Å². The highest BCUT2D eigenvalue weighted by Crippen LogP contribution is 2.31. The third-order valence-electron chi connectivity index (χ3n) is 3.75. The zero-order chi connectivity index (χ0) is 17.8. The molecule has 0 aliphatic rings. The number of benzene rings is 3. The average molecular weight is 351 g/mol. The zero-order valence-electron chi connectivity index (χ0n) is 13.2. The molecule has 0 atom stereocenters. The molecular formula is C20H15ClN2O2. The third kappa shape index (κ3) is 3.70. The summed E-state index contributed by atoms with van der Waals surface area (Å²) in [5, 5.41) is 3.15. The number of hydrogen-bond acceptors (Lipinski definition) is 2. The minimum absolute atomic E-state index is 0.179. The van der Waals surface area contributed by atoms with E-state index in [1.807, 2.05) is 36.4 Å². The van der Waals surface area contributed by atoms with Crippen LogP contribution in [0.1, 0.15) is 20.7 Å². The Morgan fingerprint density at radius 1 is 0.840 bits per heavy atom. The Morgan fingerprint density at radius 3 is 2.16 bits per heavy atom. The highest BCUT2D eigenvalue weighted by molar-refractivity contribution is 6.36. The molecule has 5 heteroatoms. The van der Waals surface area contributed by atoms with Crippen LogP contribution in [0.4, 0.5) is 5.69 Å². The van der Waals surface area contributed by atoms with E-state index in [1.165, 1.54) is 0 Å². The standard InChI is InChI=1S/C20H15ClN2O2/c21-18-16(7-4-8-17(18)19(22)24)13-9-11-15(12-10-13)23-20(25)14-5-2-1-3-6-14/h1-12H,(H2,22,24)(H,23,25). The summed E-state index contributed by atoms with van der Waals surface area (Å²) in [4.78, 5) is 23.6. The van der Waals surface area contributed by atoms with E-state index in [2.05, 4.69) is 5.32 Å². The van der Waals surface area contributed by atoms with Crippen molar-refractivity contribution in [2.75, 3.05) is 5.32 Å².